The lowest BCUT2D eigenvalue weighted by Crippen LogP contribution is -2.11. The maximum absolute atomic E-state index is 8.77. The Bertz CT molecular complexity index is 599. The molecule has 0 aliphatic rings. The molecule has 0 atom stereocenters. The first-order valence-corrected chi connectivity index (χ1v) is 6.20. The van der Waals surface area contributed by atoms with Crippen LogP contribution in [0.2, 0.25) is 0 Å². The van der Waals surface area contributed by atoms with Crippen LogP contribution < -0.4 is 10.6 Å². The van der Waals surface area contributed by atoms with Crippen LogP contribution in [0.4, 0.5) is 17.1 Å². The second-order valence-corrected chi connectivity index (χ2v) is 4.84. The van der Waals surface area contributed by atoms with E-state index in [4.69, 9.17) is 11.0 Å². The fraction of sp³-hybridized carbons (Fsp3) is 0.0714. The summed E-state index contributed by atoms with van der Waals surface area (Å²) in [5, 5.41) is 8.77. The molecule has 0 fully saturated rings. The minimum atomic E-state index is 0.649. The van der Waals surface area contributed by atoms with E-state index in [2.05, 4.69) is 22.0 Å². The molecular formula is C14H12BrN3. The number of benzene rings is 2. The molecular weight excluding hydrogens is 290 g/mol. The number of nitrogens with zero attached hydrogens (tertiary/aromatic N) is 2. The number of nitriles is 1. The summed E-state index contributed by atoms with van der Waals surface area (Å²) in [6.07, 6.45) is 0. The Morgan fingerprint density at radius 3 is 2.39 bits per heavy atom. The second-order valence-electron chi connectivity index (χ2n) is 3.92. The lowest BCUT2D eigenvalue weighted by atomic mass is 10.2. The highest BCUT2D eigenvalue weighted by molar-refractivity contribution is 9.10. The number of anilines is 3. The van der Waals surface area contributed by atoms with Crippen LogP contribution in [0.25, 0.3) is 0 Å². The van der Waals surface area contributed by atoms with Gasteiger partial charge in [0.1, 0.15) is 0 Å². The predicted octanol–water partition coefficient (Wildman–Crippen LogP) is 3.67. The summed E-state index contributed by atoms with van der Waals surface area (Å²) in [6.45, 7) is 0. The van der Waals surface area contributed by atoms with E-state index in [0.717, 1.165) is 15.8 Å². The average molecular weight is 302 g/mol. The first kappa shape index (κ1) is 12.5. The van der Waals surface area contributed by atoms with Gasteiger partial charge in [-0.3, -0.25) is 0 Å². The van der Waals surface area contributed by atoms with E-state index in [1.165, 1.54) is 0 Å². The van der Waals surface area contributed by atoms with E-state index >= 15 is 0 Å². The van der Waals surface area contributed by atoms with Crippen molar-refractivity contribution >= 4 is 33.0 Å². The third-order valence-electron chi connectivity index (χ3n) is 2.73. The van der Waals surface area contributed by atoms with Crippen molar-refractivity contribution in [3.05, 3.63) is 52.5 Å². The Hall–Kier alpha value is -1.99. The Balaban J connectivity index is 2.35. The van der Waals surface area contributed by atoms with Crippen LogP contribution >= 0.6 is 15.9 Å². The highest BCUT2D eigenvalue weighted by Crippen LogP contribution is 2.30. The van der Waals surface area contributed by atoms with Crippen LogP contribution in [0, 0.1) is 11.3 Å². The molecule has 0 radical (unpaired) electrons. The van der Waals surface area contributed by atoms with Gasteiger partial charge in [-0.1, -0.05) is 15.9 Å². The molecule has 0 saturated carbocycles. The molecule has 0 aromatic heterocycles. The topological polar surface area (TPSA) is 53.0 Å². The van der Waals surface area contributed by atoms with E-state index in [-0.39, 0.29) is 0 Å². The van der Waals surface area contributed by atoms with Crippen molar-refractivity contribution in [3.8, 4) is 6.07 Å². The van der Waals surface area contributed by atoms with Crippen molar-refractivity contribution in [2.24, 2.45) is 0 Å². The molecule has 0 bridgehead atoms. The molecule has 4 heteroatoms. The quantitative estimate of drug-likeness (QED) is 0.861. The van der Waals surface area contributed by atoms with E-state index in [0.29, 0.717) is 11.3 Å². The first-order valence-electron chi connectivity index (χ1n) is 5.41. The molecule has 2 aromatic rings. The molecule has 0 heterocycles. The van der Waals surface area contributed by atoms with Gasteiger partial charge in [-0.25, -0.2) is 0 Å². The van der Waals surface area contributed by atoms with Crippen molar-refractivity contribution in [2.45, 2.75) is 0 Å². The van der Waals surface area contributed by atoms with Crippen molar-refractivity contribution in [3.63, 3.8) is 0 Å². The summed E-state index contributed by atoms with van der Waals surface area (Å²) in [6, 6.07) is 15.3. The first-order chi connectivity index (χ1) is 8.61. The molecule has 0 saturated heterocycles. The smallest absolute Gasteiger partial charge is 0.0991 e. The van der Waals surface area contributed by atoms with E-state index < -0.39 is 0 Å². The van der Waals surface area contributed by atoms with Gasteiger partial charge in [-0.05, 0) is 42.5 Å². The Kier molecular flexibility index (Phi) is 3.54. The zero-order valence-electron chi connectivity index (χ0n) is 9.89. The van der Waals surface area contributed by atoms with E-state index in [1.54, 1.807) is 12.1 Å². The molecule has 0 amide bonds. The molecule has 0 aliphatic carbocycles. The minimum absolute atomic E-state index is 0.649. The van der Waals surface area contributed by atoms with E-state index in [1.807, 2.05) is 42.3 Å². The zero-order valence-corrected chi connectivity index (χ0v) is 11.5. The molecule has 2 aromatic carbocycles. The lowest BCUT2D eigenvalue weighted by Gasteiger charge is -2.21. The number of nitrogen functional groups attached to an aromatic ring is 1. The lowest BCUT2D eigenvalue weighted by molar-refractivity contribution is 1.21. The Labute approximate surface area is 115 Å². The summed E-state index contributed by atoms with van der Waals surface area (Å²) in [7, 11) is 1.95. The van der Waals surface area contributed by atoms with Gasteiger partial charge in [-0.2, -0.15) is 5.26 Å². The van der Waals surface area contributed by atoms with Crippen molar-refractivity contribution in [2.75, 3.05) is 17.7 Å². The number of halogens is 1. The Morgan fingerprint density at radius 2 is 1.83 bits per heavy atom. The maximum Gasteiger partial charge on any atom is 0.0991 e. The summed E-state index contributed by atoms with van der Waals surface area (Å²) in [5.74, 6) is 0. The van der Waals surface area contributed by atoms with Gasteiger partial charge in [0, 0.05) is 17.2 Å². The molecule has 0 spiro atoms. The van der Waals surface area contributed by atoms with Gasteiger partial charge < -0.3 is 10.6 Å². The molecule has 3 nitrogen and oxygen atoms in total. The fourth-order valence-corrected chi connectivity index (χ4v) is 2.11. The van der Waals surface area contributed by atoms with Crippen LogP contribution in [0.1, 0.15) is 5.56 Å². The minimum Gasteiger partial charge on any atom is -0.397 e. The Morgan fingerprint density at radius 1 is 1.17 bits per heavy atom. The molecule has 2 N–H and O–H groups in total. The third kappa shape index (κ3) is 2.47. The molecule has 0 unspecified atom stereocenters. The SMILES string of the molecule is CN(c1ccc(C#N)cc1)c1ccc(Br)cc1N. The zero-order chi connectivity index (χ0) is 13.1. The summed E-state index contributed by atoms with van der Waals surface area (Å²) >= 11 is 3.39. The van der Waals surface area contributed by atoms with Crippen LogP contribution in [-0.2, 0) is 0 Å². The maximum atomic E-state index is 8.77. The third-order valence-corrected chi connectivity index (χ3v) is 3.23. The highest BCUT2D eigenvalue weighted by Gasteiger charge is 2.07. The van der Waals surface area contributed by atoms with Crippen molar-refractivity contribution in [1.82, 2.24) is 0 Å². The van der Waals surface area contributed by atoms with Gasteiger partial charge in [0.25, 0.3) is 0 Å². The van der Waals surface area contributed by atoms with Crippen molar-refractivity contribution < 1.29 is 0 Å². The standard InChI is InChI=1S/C14H12BrN3/c1-18(12-5-2-10(9-16)3-6-12)14-7-4-11(15)8-13(14)17/h2-8H,17H2,1H3. The van der Waals surface area contributed by atoms with Crippen LogP contribution in [-0.4, -0.2) is 7.05 Å². The monoisotopic (exact) mass is 301 g/mol. The molecule has 0 aliphatic heterocycles. The summed E-state index contributed by atoms with van der Waals surface area (Å²) in [4.78, 5) is 1.99. The van der Waals surface area contributed by atoms with E-state index in [9.17, 15) is 0 Å². The largest absolute Gasteiger partial charge is 0.397 e. The predicted molar refractivity (Wildman–Crippen MR) is 77.8 cm³/mol. The van der Waals surface area contributed by atoms with Crippen molar-refractivity contribution in [1.29, 1.82) is 5.26 Å². The van der Waals surface area contributed by atoms with Gasteiger partial charge >= 0.3 is 0 Å². The van der Waals surface area contributed by atoms with Crippen LogP contribution in [0.3, 0.4) is 0 Å². The van der Waals surface area contributed by atoms with Gasteiger partial charge in [0.15, 0.2) is 0 Å². The molecule has 18 heavy (non-hydrogen) atoms. The van der Waals surface area contributed by atoms with Crippen LogP contribution in [0.5, 0.6) is 0 Å². The number of hydrogen-bond donors (Lipinski definition) is 1. The van der Waals surface area contributed by atoms with Gasteiger partial charge in [0.2, 0.25) is 0 Å². The molecule has 2 rings (SSSR count). The summed E-state index contributed by atoms with van der Waals surface area (Å²) < 4.78 is 0.956. The highest BCUT2D eigenvalue weighted by atomic mass is 79.9. The van der Waals surface area contributed by atoms with Crippen LogP contribution in [0.15, 0.2) is 46.9 Å². The fourth-order valence-electron chi connectivity index (χ4n) is 1.73. The second kappa shape index (κ2) is 5.11. The number of hydrogen-bond acceptors (Lipinski definition) is 3. The normalized spacial score (nSPS) is 9.83. The number of nitrogens with two attached hydrogens (primary N) is 1. The number of rotatable bonds is 2. The summed E-state index contributed by atoms with van der Waals surface area (Å²) in [5.41, 5.74) is 9.27. The van der Waals surface area contributed by atoms with Gasteiger partial charge in [-0.15, -0.1) is 0 Å². The van der Waals surface area contributed by atoms with Gasteiger partial charge in [0.05, 0.1) is 23.0 Å². The molecule has 90 valence electrons. The average Bonchev–Trinajstić information content (AvgIpc) is 2.38.